The van der Waals surface area contributed by atoms with E-state index in [1.54, 1.807) is 31.1 Å². The number of benzene rings is 2. The lowest BCUT2D eigenvalue weighted by molar-refractivity contribution is -0.118. The van der Waals surface area contributed by atoms with Crippen LogP contribution in [0.4, 0.5) is 5.69 Å². The van der Waals surface area contributed by atoms with Crippen LogP contribution in [0.15, 0.2) is 58.1 Å². The Balaban J connectivity index is 1.95. The maximum absolute atomic E-state index is 13.4. The highest BCUT2D eigenvalue weighted by Crippen LogP contribution is 2.45. The molecule has 0 unspecified atom stereocenters. The number of hydrogen-bond acceptors (Lipinski definition) is 3. The van der Waals surface area contributed by atoms with Crippen molar-refractivity contribution in [3.63, 3.8) is 0 Å². The molecule has 1 aliphatic heterocycles. The van der Waals surface area contributed by atoms with Crippen LogP contribution in [0.2, 0.25) is 5.02 Å². The SMILES string of the molecule is CN1C(=O)[C@@H](c2c(-c3ccc(Cl)cc3)[nH]c3c2c(=O)n(C)c(=O)n3C)c2ccccc21. The molecule has 0 bridgehead atoms. The minimum Gasteiger partial charge on any atom is -0.340 e. The number of hydrogen-bond donors (Lipinski definition) is 1. The number of aryl methyl sites for hydroxylation is 1. The van der Waals surface area contributed by atoms with Gasteiger partial charge in [0.05, 0.1) is 17.0 Å². The van der Waals surface area contributed by atoms with Gasteiger partial charge in [0.1, 0.15) is 5.65 Å². The molecular formula is C23H19ClN4O3. The van der Waals surface area contributed by atoms with Crippen molar-refractivity contribution in [2.24, 2.45) is 14.1 Å². The lowest BCUT2D eigenvalue weighted by Gasteiger charge is -2.13. The largest absolute Gasteiger partial charge is 0.340 e. The molecule has 1 aliphatic rings. The first-order valence-corrected chi connectivity index (χ1v) is 10.1. The number of likely N-dealkylation sites (N-methyl/N-ethyl adjacent to an activating group) is 1. The lowest BCUT2D eigenvalue weighted by atomic mass is 9.89. The number of para-hydroxylation sites is 1. The van der Waals surface area contributed by atoms with Crippen LogP contribution in [0, 0.1) is 0 Å². The van der Waals surface area contributed by atoms with Crippen LogP contribution in [0.1, 0.15) is 17.0 Å². The van der Waals surface area contributed by atoms with Crippen LogP contribution in [0.25, 0.3) is 22.3 Å². The summed E-state index contributed by atoms with van der Waals surface area (Å²) in [6.07, 6.45) is 0. The first kappa shape index (κ1) is 19.4. The Kier molecular flexibility index (Phi) is 4.20. The van der Waals surface area contributed by atoms with E-state index in [-0.39, 0.29) is 5.91 Å². The average molecular weight is 435 g/mol. The predicted molar refractivity (Wildman–Crippen MR) is 121 cm³/mol. The van der Waals surface area contributed by atoms with Crippen LogP contribution in [-0.2, 0) is 18.9 Å². The zero-order chi connectivity index (χ0) is 22.0. The minimum absolute atomic E-state index is 0.131. The van der Waals surface area contributed by atoms with Gasteiger partial charge in [-0.1, -0.05) is 41.9 Å². The van der Waals surface area contributed by atoms with Gasteiger partial charge in [-0.3, -0.25) is 18.7 Å². The van der Waals surface area contributed by atoms with E-state index in [9.17, 15) is 14.4 Å². The predicted octanol–water partition coefficient (Wildman–Crippen LogP) is 2.99. The highest BCUT2D eigenvalue weighted by molar-refractivity contribution is 6.30. The second-order valence-electron chi connectivity index (χ2n) is 7.74. The van der Waals surface area contributed by atoms with Crippen molar-refractivity contribution in [2.75, 3.05) is 11.9 Å². The average Bonchev–Trinajstić information content (AvgIpc) is 3.27. The standard InChI is InChI=1S/C23H19ClN4O3/c1-26-15-7-5-4-6-14(15)16(21(26)29)17-18-20(27(2)23(31)28(3)22(18)30)25-19(17)12-8-10-13(24)11-9-12/h4-11,16,25H,1-3H3/t16-/m1/s1. The molecule has 0 saturated carbocycles. The van der Waals surface area contributed by atoms with Gasteiger partial charge < -0.3 is 9.88 Å². The van der Waals surface area contributed by atoms with E-state index in [2.05, 4.69) is 4.98 Å². The number of rotatable bonds is 2. The molecule has 0 fully saturated rings. The van der Waals surface area contributed by atoms with Gasteiger partial charge in [-0.05, 0) is 29.3 Å². The van der Waals surface area contributed by atoms with Gasteiger partial charge in [0.25, 0.3) is 5.56 Å². The number of fused-ring (bicyclic) bond motifs is 2. The molecule has 0 radical (unpaired) electrons. The van der Waals surface area contributed by atoms with Crippen molar-refractivity contribution >= 4 is 34.2 Å². The highest BCUT2D eigenvalue weighted by atomic mass is 35.5. The number of anilines is 1. The van der Waals surface area contributed by atoms with Crippen LogP contribution in [0.5, 0.6) is 0 Å². The molecule has 0 saturated heterocycles. The third kappa shape index (κ3) is 2.63. The number of nitrogens with one attached hydrogen (secondary N) is 1. The van der Waals surface area contributed by atoms with Gasteiger partial charge >= 0.3 is 5.69 Å². The number of carbonyl (C=O) groups excluding carboxylic acids is 1. The molecule has 2 aromatic heterocycles. The number of nitrogens with zero attached hydrogens (tertiary/aromatic N) is 3. The fourth-order valence-corrected chi connectivity index (χ4v) is 4.56. The Labute approximate surface area is 182 Å². The zero-order valence-electron chi connectivity index (χ0n) is 17.1. The fourth-order valence-electron chi connectivity index (χ4n) is 4.44. The first-order valence-electron chi connectivity index (χ1n) is 9.75. The third-order valence-electron chi connectivity index (χ3n) is 6.05. The van der Waals surface area contributed by atoms with Crippen LogP contribution in [-0.4, -0.2) is 27.1 Å². The molecule has 5 rings (SSSR count). The summed E-state index contributed by atoms with van der Waals surface area (Å²) >= 11 is 6.08. The summed E-state index contributed by atoms with van der Waals surface area (Å²) in [5.74, 6) is -0.806. The van der Waals surface area contributed by atoms with E-state index in [1.807, 2.05) is 36.4 Å². The van der Waals surface area contributed by atoms with Crippen molar-refractivity contribution in [1.29, 1.82) is 0 Å². The molecule has 31 heavy (non-hydrogen) atoms. The van der Waals surface area contributed by atoms with Crippen molar-refractivity contribution in [1.82, 2.24) is 14.1 Å². The van der Waals surface area contributed by atoms with E-state index in [0.717, 1.165) is 21.4 Å². The monoisotopic (exact) mass is 434 g/mol. The van der Waals surface area contributed by atoms with Gasteiger partial charge in [-0.15, -0.1) is 0 Å². The summed E-state index contributed by atoms with van der Waals surface area (Å²) in [6, 6.07) is 14.7. The van der Waals surface area contributed by atoms with Crippen LogP contribution in [0.3, 0.4) is 0 Å². The van der Waals surface area contributed by atoms with Crippen molar-refractivity contribution < 1.29 is 4.79 Å². The normalized spacial score (nSPS) is 15.7. The second-order valence-corrected chi connectivity index (χ2v) is 8.18. The molecule has 1 amide bonds. The molecule has 156 valence electrons. The Morgan fingerprint density at radius 2 is 1.58 bits per heavy atom. The number of halogens is 1. The third-order valence-corrected chi connectivity index (χ3v) is 6.31. The number of amides is 1. The smallest absolute Gasteiger partial charge is 0.332 e. The number of carbonyl (C=O) groups is 1. The first-order chi connectivity index (χ1) is 14.8. The highest BCUT2D eigenvalue weighted by Gasteiger charge is 2.40. The van der Waals surface area contributed by atoms with Gasteiger partial charge in [0.15, 0.2) is 0 Å². The Bertz CT molecular complexity index is 1490. The molecule has 7 nitrogen and oxygen atoms in total. The second kappa shape index (κ2) is 6.72. The summed E-state index contributed by atoms with van der Waals surface area (Å²) in [5.41, 5.74) is 3.08. The molecule has 4 aromatic rings. The van der Waals surface area contributed by atoms with Gasteiger partial charge in [-0.25, -0.2) is 4.79 Å². The summed E-state index contributed by atoms with van der Waals surface area (Å²) in [7, 11) is 4.78. The summed E-state index contributed by atoms with van der Waals surface area (Å²) < 4.78 is 2.47. The van der Waals surface area contributed by atoms with E-state index < -0.39 is 17.2 Å². The molecule has 8 heteroatoms. The van der Waals surface area contributed by atoms with Crippen molar-refractivity contribution in [3.8, 4) is 11.3 Å². The Hall–Kier alpha value is -3.58. The fraction of sp³-hybridized carbons (Fsp3) is 0.174. The minimum atomic E-state index is -0.675. The molecule has 1 N–H and O–H groups in total. The topological polar surface area (TPSA) is 80.1 Å². The Morgan fingerprint density at radius 3 is 2.29 bits per heavy atom. The van der Waals surface area contributed by atoms with E-state index >= 15 is 0 Å². The van der Waals surface area contributed by atoms with Crippen LogP contribution < -0.4 is 16.1 Å². The summed E-state index contributed by atoms with van der Waals surface area (Å²) in [6.45, 7) is 0. The van der Waals surface area contributed by atoms with E-state index in [0.29, 0.717) is 27.3 Å². The van der Waals surface area contributed by atoms with Crippen molar-refractivity contribution in [3.05, 3.63) is 85.5 Å². The molecule has 1 atom stereocenters. The number of aromatic nitrogens is 3. The molecule has 0 spiro atoms. The van der Waals surface area contributed by atoms with Gasteiger partial charge in [0.2, 0.25) is 5.91 Å². The number of aromatic amines is 1. The molecule has 2 aromatic carbocycles. The molecular weight excluding hydrogens is 416 g/mol. The maximum atomic E-state index is 13.4. The molecule has 0 aliphatic carbocycles. The van der Waals surface area contributed by atoms with Gasteiger partial charge in [-0.2, -0.15) is 0 Å². The summed E-state index contributed by atoms with van der Waals surface area (Å²) in [4.78, 5) is 44.1. The zero-order valence-corrected chi connectivity index (χ0v) is 17.9. The van der Waals surface area contributed by atoms with E-state index in [1.165, 1.54) is 11.6 Å². The number of H-pyrrole nitrogens is 1. The van der Waals surface area contributed by atoms with Crippen molar-refractivity contribution in [2.45, 2.75) is 5.92 Å². The molecule has 3 heterocycles. The Morgan fingerprint density at radius 1 is 0.903 bits per heavy atom. The van der Waals surface area contributed by atoms with Crippen LogP contribution >= 0.6 is 11.6 Å². The van der Waals surface area contributed by atoms with Gasteiger partial charge in [0, 0.05) is 37.4 Å². The summed E-state index contributed by atoms with van der Waals surface area (Å²) in [5, 5.41) is 0.907. The van der Waals surface area contributed by atoms with E-state index in [4.69, 9.17) is 11.6 Å². The maximum Gasteiger partial charge on any atom is 0.332 e. The quantitative estimate of drug-likeness (QED) is 0.526. The lowest BCUT2D eigenvalue weighted by Crippen LogP contribution is -2.37.